The minimum Gasteiger partial charge on any atom is -0.412 e. The van der Waals surface area contributed by atoms with Gasteiger partial charge in [-0.2, -0.15) is 16.8 Å². The van der Waals surface area contributed by atoms with Gasteiger partial charge >= 0.3 is 0 Å². The summed E-state index contributed by atoms with van der Waals surface area (Å²) in [6.45, 7) is 0. The van der Waals surface area contributed by atoms with Crippen LogP contribution in [0.25, 0.3) is 10.9 Å². The zero-order valence-electron chi connectivity index (χ0n) is 11.2. The van der Waals surface area contributed by atoms with E-state index in [2.05, 4.69) is 9.97 Å². The van der Waals surface area contributed by atoms with Crippen molar-refractivity contribution in [3.05, 3.63) is 36.8 Å². The molecule has 0 bridgehead atoms. The van der Waals surface area contributed by atoms with Crippen molar-refractivity contribution in [3.63, 3.8) is 0 Å². The molecule has 0 spiro atoms. The fraction of sp³-hybridized carbons (Fsp3) is 0.200. The van der Waals surface area contributed by atoms with Gasteiger partial charge in [0.25, 0.3) is 20.2 Å². The topological polar surface area (TPSA) is 166 Å². The summed E-state index contributed by atoms with van der Waals surface area (Å²) >= 11 is 0. The van der Waals surface area contributed by atoms with Gasteiger partial charge in [0.05, 0.1) is 18.0 Å². The van der Waals surface area contributed by atoms with Crippen LogP contribution in [0, 0.1) is 0 Å². The third-order valence-electron chi connectivity index (χ3n) is 1.41. The first-order chi connectivity index (χ1) is 8.97. The summed E-state index contributed by atoms with van der Waals surface area (Å²) in [5, 5.41) is 1.09. The third kappa shape index (κ3) is 18.3. The minimum absolute atomic E-state index is 0. The molecule has 1 aromatic carbocycles. The number of fused-ring (bicyclic) bond motifs is 1. The molecule has 21 heavy (non-hydrogen) atoms. The number of benzene rings is 1. The van der Waals surface area contributed by atoms with Gasteiger partial charge in [0.2, 0.25) is 0 Å². The molecule has 2 rings (SSSR count). The molecule has 0 saturated heterocycles. The van der Waals surface area contributed by atoms with Gasteiger partial charge in [-0.1, -0.05) is 18.2 Å². The lowest BCUT2D eigenvalue weighted by Crippen LogP contribution is -1.88. The zero-order valence-corrected chi connectivity index (χ0v) is 12.8. The Balaban J connectivity index is 0. The highest BCUT2D eigenvalue weighted by atomic mass is 32.2. The van der Waals surface area contributed by atoms with Crippen LogP contribution in [0.2, 0.25) is 0 Å². The highest BCUT2D eigenvalue weighted by Gasteiger charge is 1.87. The van der Waals surface area contributed by atoms with Crippen molar-refractivity contribution in [2.24, 2.45) is 0 Å². The molecule has 0 aliphatic heterocycles. The van der Waals surface area contributed by atoms with Crippen LogP contribution in [-0.2, 0) is 20.2 Å². The summed E-state index contributed by atoms with van der Waals surface area (Å²) in [5.74, 6) is 0. The maximum absolute atomic E-state index is 9.19. The van der Waals surface area contributed by atoms with Crippen LogP contribution >= 0.6 is 0 Å². The van der Waals surface area contributed by atoms with E-state index in [1.165, 1.54) is 0 Å². The largest absolute Gasteiger partial charge is 0.412 e. The monoisotopic (exact) mass is 340 g/mol. The molecule has 1 heterocycles. The molecule has 0 amide bonds. The summed E-state index contributed by atoms with van der Waals surface area (Å²) in [6.07, 6.45) is 4.80. The van der Waals surface area contributed by atoms with Gasteiger partial charge in [-0.15, -0.1) is 0 Å². The van der Waals surface area contributed by atoms with Gasteiger partial charge < -0.3 is 5.48 Å². The van der Waals surface area contributed by atoms with Crippen molar-refractivity contribution in [2.45, 2.75) is 0 Å². The summed E-state index contributed by atoms with van der Waals surface area (Å²) in [4.78, 5) is 7.97. The van der Waals surface area contributed by atoms with E-state index in [0.29, 0.717) is 12.5 Å². The average Bonchev–Trinajstić information content (AvgIpc) is 2.25. The van der Waals surface area contributed by atoms with Crippen LogP contribution in [0.4, 0.5) is 0 Å². The highest BCUT2D eigenvalue weighted by molar-refractivity contribution is 7.85. The van der Waals surface area contributed by atoms with Crippen LogP contribution in [0.3, 0.4) is 0 Å². The Labute approximate surface area is 122 Å². The van der Waals surface area contributed by atoms with E-state index in [4.69, 9.17) is 9.11 Å². The lowest BCUT2D eigenvalue weighted by Gasteiger charge is -1.90. The van der Waals surface area contributed by atoms with Gasteiger partial charge in [0, 0.05) is 11.6 Å². The van der Waals surface area contributed by atoms with Crippen molar-refractivity contribution in [1.82, 2.24) is 9.97 Å². The van der Waals surface area contributed by atoms with Crippen LogP contribution in [0.5, 0.6) is 0 Å². The molecule has 0 aliphatic carbocycles. The Morgan fingerprint density at radius 1 is 0.952 bits per heavy atom. The zero-order chi connectivity index (χ0) is 15.8. The van der Waals surface area contributed by atoms with Crippen molar-refractivity contribution in [1.29, 1.82) is 0 Å². The van der Waals surface area contributed by atoms with Crippen molar-refractivity contribution in [3.8, 4) is 0 Å². The van der Waals surface area contributed by atoms with E-state index in [1.807, 2.05) is 30.5 Å². The summed E-state index contributed by atoms with van der Waals surface area (Å²) < 4.78 is 51.7. The molecule has 2 aromatic rings. The van der Waals surface area contributed by atoms with E-state index in [1.54, 1.807) is 6.33 Å². The fourth-order valence-electron chi connectivity index (χ4n) is 0.923. The Morgan fingerprint density at radius 3 is 1.81 bits per heavy atom. The lowest BCUT2D eigenvalue weighted by molar-refractivity contribution is 0.488. The van der Waals surface area contributed by atoms with Gasteiger partial charge in [0.1, 0.15) is 6.33 Å². The second-order valence-corrected chi connectivity index (χ2v) is 6.48. The number of hydrogen-bond acceptors (Lipinski definition) is 6. The van der Waals surface area contributed by atoms with Crippen LogP contribution in [0.15, 0.2) is 36.8 Å². The van der Waals surface area contributed by atoms with E-state index < -0.39 is 20.2 Å². The summed E-state index contributed by atoms with van der Waals surface area (Å²) in [5.41, 5.74) is 0.998. The standard InChI is InChI=1S/C8H6N2.2CH4O3S.H2O/c1-2-4-8-7(3-1)5-9-6-10-8;2*1-5(2,3)4;/h1-6H;2*1H3,(H,2,3,4);1H2. The van der Waals surface area contributed by atoms with Crippen molar-refractivity contribution >= 4 is 31.1 Å². The van der Waals surface area contributed by atoms with E-state index in [9.17, 15) is 16.8 Å². The lowest BCUT2D eigenvalue weighted by atomic mass is 10.2. The average molecular weight is 340 g/mol. The Hall–Kier alpha value is -1.66. The smallest absolute Gasteiger partial charge is 0.261 e. The minimum atomic E-state index is -3.67. The molecule has 0 fully saturated rings. The predicted octanol–water partition coefficient (Wildman–Crippen LogP) is -0.187. The number of rotatable bonds is 0. The first-order valence-corrected chi connectivity index (χ1v) is 8.66. The molecule has 1 aromatic heterocycles. The summed E-state index contributed by atoms with van der Waals surface area (Å²) in [6, 6.07) is 7.91. The van der Waals surface area contributed by atoms with E-state index in [-0.39, 0.29) is 5.48 Å². The molecule has 11 heteroatoms. The Kier molecular flexibility index (Phi) is 9.59. The Morgan fingerprint density at radius 2 is 1.38 bits per heavy atom. The number of para-hydroxylation sites is 1. The SMILES string of the molecule is CS(=O)(=O)O.CS(=O)(=O)O.O.c1ccc2ncncc2c1. The first kappa shape index (κ1) is 21.6. The second-order valence-electron chi connectivity index (χ2n) is 3.55. The van der Waals surface area contributed by atoms with Gasteiger partial charge in [-0.05, 0) is 6.07 Å². The normalized spacial score (nSPS) is 10.3. The maximum atomic E-state index is 9.19. The highest BCUT2D eigenvalue weighted by Crippen LogP contribution is 2.06. The third-order valence-corrected chi connectivity index (χ3v) is 1.41. The summed E-state index contributed by atoms with van der Waals surface area (Å²) in [7, 11) is -7.33. The van der Waals surface area contributed by atoms with Crippen LogP contribution in [-0.4, -0.2) is 53.9 Å². The Bertz CT molecular complexity index is 633. The van der Waals surface area contributed by atoms with E-state index >= 15 is 0 Å². The molecule has 9 nitrogen and oxygen atoms in total. The second kappa shape index (κ2) is 9.31. The number of hydrogen-bond donors (Lipinski definition) is 2. The maximum Gasteiger partial charge on any atom is 0.261 e. The number of nitrogens with zero attached hydrogens (tertiary/aromatic N) is 2. The van der Waals surface area contributed by atoms with Gasteiger partial charge in [-0.25, -0.2) is 9.97 Å². The fourth-order valence-corrected chi connectivity index (χ4v) is 0.923. The first-order valence-electron chi connectivity index (χ1n) is 4.96. The van der Waals surface area contributed by atoms with E-state index in [0.717, 1.165) is 10.9 Å². The molecule has 0 saturated carbocycles. The van der Waals surface area contributed by atoms with Crippen LogP contribution < -0.4 is 0 Å². The molecule has 4 N–H and O–H groups in total. The molecule has 120 valence electrons. The van der Waals surface area contributed by atoms with Crippen molar-refractivity contribution < 1.29 is 31.4 Å². The van der Waals surface area contributed by atoms with Crippen molar-refractivity contribution in [2.75, 3.05) is 12.5 Å². The molecule has 0 radical (unpaired) electrons. The molecule has 0 unspecified atom stereocenters. The molecule has 0 atom stereocenters. The predicted molar refractivity (Wildman–Crippen MR) is 78.1 cm³/mol. The molecule has 0 aliphatic rings. The van der Waals surface area contributed by atoms with Crippen LogP contribution in [0.1, 0.15) is 0 Å². The van der Waals surface area contributed by atoms with Gasteiger partial charge in [-0.3, -0.25) is 9.11 Å². The quantitative estimate of drug-likeness (QED) is 0.622. The molecular formula is C10H16N2O7S2. The molecular weight excluding hydrogens is 324 g/mol. The number of aromatic nitrogens is 2. The van der Waals surface area contributed by atoms with Gasteiger partial charge in [0.15, 0.2) is 0 Å².